The quantitative estimate of drug-likeness (QED) is 0.861. The van der Waals surface area contributed by atoms with E-state index in [4.69, 9.17) is 5.11 Å². The van der Waals surface area contributed by atoms with E-state index < -0.39 is 0 Å². The molecule has 18 heavy (non-hydrogen) atoms. The van der Waals surface area contributed by atoms with E-state index in [0.717, 1.165) is 12.0 Å². The highest BCUT2D eigenvalue weighted by Gasteiger charge is 2.22. The lowest BCUT2D eigenvalue weighted by molar-refractivity contribution is 0.0912. The zero-order valence-electron chi connectivity index (χ0n) is 11.7. The maximum absolute atomic E-state index is 12.2. The van der Waals surface area contributed by atoms with E-state index in [0.29, 0.717) is 5.56 Å². The summed E-state index contributed by atoms with van der Waals surface area (Å²) in [5.74, 6) is -0.110. The summed E-state index contributed by atoms with van der Waals surface area (Å²) >= 11 is 0. The maximum atomic E-state index is 12.2. The van der Waals surface area contributed by atoms with Crippen molar-refractivity contribution < 1.29 is 9.90 Å². The Morgan fingerprint density at radius 2 is 1.94 bits per heavy atom. The first-order chi connectivity index (χ1) is 8.40. The monoisotopic (exact) mass is 249 g/mol. The van der Waals surface area contributed by atoms with E-state index in [9.17, 15) is 4.79 Å². The van der Waals surface area contributed by atoms with Gasteiger partial charge in [0.15, 0.2) is 0 Å². The van der Waals surface area contributed by atoms with Gasteiger partial charge in [0, 0.05) is 5.56 Å². The molecule has 0 saturated heterocycles. The van der Waals surface area contributed by atoms with Crippen LogP contribution in [0.15, 0.2) is 24.3 Å². The average Bonchev–Trinajstić information content (AvgIpc) is 2.34. The standard InChI is InChI=1S/C15H23NO2/c1-5-11(10-17)16-14(18)12-8-6-7-9-13(12)15(2,3)4/h6-9,11,17H,5,10H2,1-4H3,(H,16,18)/t11-/m0/s1. The first-order valence-corrected chi connectivity index (χ1v) is 6.41. The predicted molar refractivity (Wildman–Crippen MR) is 73.8 cm³/mol. The van der Waals surface area contributed by atoms with E-state index in [2.05, 4.69) is 26.1 Å². The Morgan fingerprint density at radius 1 is 1.33 bits per heavy atom. The highest BCUT2D eigenvalue weighted by atomic mass is 16.3. The van der Waals surface area contributed by atoms with Crippen LogP contribution in [-0.4, -0.2) is 23.7 Å². The van der Waals surface area contributed by atoms with E-state index in [1.807, 2.05) is 31.2 Å². The minimum atomic E-state index is -0.175. The number of hydrogen-bond donors (Lipinski definition) is 2. The molecule has 0 fully saturated rings. The molecule has 1 aromatic rings. The summed E-state index contributed by atoms with van der Waals surface area (Å²) in [7, 11) is 0. The summed E-state index contributed by atoms with van der Waals surface area (Å²) in [6.45, 7) is 8.17. The number of benzene rings is 1. The first kappa shape index (κ1) is 14.7. The van der Waals surface area contributed by atoms with Crippen LogP contribution in [0.25, 0.3) is 0 Å². The van der Waals surface area contributed by atoms with Gasteiger partial charge >= 0.3 is 0 Å². The Morgan fingerprint density at radius 3 is 2.44 bits per heavy atom. The van der Waals surface area contributed by atoms with Crippen LogP contribution in [0.3, 0.4) is 0 Å². The third-order valence-corrected chi connectivity index (χ3v) is 3.03. The van der Waals surface area contributed by atoms with E-state index >= 15 is 0 Å². The van der Waals surface area contributed by atoms with Crippen molar-refractivity contribution >= 4 is 5.91 Å². The fourth-order valence-electron chi connectivity index (χ4n) is 1.88. The van der Waals surface area contributed by atoms with Crippen molar-refractivity contribution in [1.29, 1.82) is 0 Å². The number of amides is 1. The molecule has 0 heterocycles. The molecule has 1 amide bonds. The Kier molecular flexibility index (Phi) is 4.91. The van der Waals surface area contributed by atoms with Gasteiger partial charge < -0.3 is 10.4 Å². The minimum Gasteiger partial charge on any atom is -0.394 e. The highest BCUT2D eigenvalue weighted by Crippen LogP contribution is 2.25. The van der Waals surface area contributed by atoms with Crippen molar-refractivity contribution in [3.63, 3.8) is 0 Å². The Labute approximate surface area is 109 Å². The van der Waals surface area contributed by atoms with Crippen LogP contribution in [-0.2, 0) is 5.41 Å². The molecule has 3 nitrogen and oxygen atoms in total. The molecule has 0 aliphatic rings. The lowest BCUT2D eigenvalue weighted by Gasteiger charge is -2.23. The van der Waals surface area contributed by atoms with Crippen LogP contribution in [0.4, 0.5) is 0 Å². The minimum absolute atomic E-state index is 0.0279. The van der Waals surface area contributed by atoms with Gasteiger partial charge in [-0.05, 0) is 23.5 Å². The van der Waals surface area contributed by atoms with E-state index in [-0.39, 0.29) is 24.0 Å². The van der Waals surface area contributed by atoms with Gasteiger partial charge in [-0.15, -0.1) is 0 Å². The van der Waals surface area contributed by atoms with Crippen LogP contribution in [0.2, 0.25) is 0 Å². The van der Waals surface area contributed by atoms with Crippen LogP contribution < -0.4 is 5.32 Å². The number of nitrogens with one attached hydrogen (secondary N) is 1. The van der Waals surface area contributed by atoms with Crippen molar-refractivity contribution in [2.24, 2.45) is 0 Å². The molecule has 100 valence electrons. The Bertz CT molecular complexity index is 403. The van der Waals surface area contributed by atoms with Gasteiger partial charge in [-0.3, -0.25) is 4.79 Å². The molecule has 0 bridgehead atoms. The van der Waals surface area contributed by atoms with Gasteiger partial charge in [0.2, 0.25) is 0 Å². The van der Waals surface area contributed by atoms with Crippen molar-refractivity contribution in [2.45, 2.75) is 45.6 Å². The summed E-state index contributed by atoms with van der Waals surface area (Å²) < 4.78 is 0. The second-order valence-corrected chi connectivity index (χ2v) is 5.56. The molecule has 1 aromatic carbocycles. The van der Waals surface area contributed by atoms with Crippen molar-refractivity contribution in [3.8, 4) is 0 Å². The molecule has 3 heteroatoms. The van der Waals surface area contributed by atoms with Gasteiger partial charge in [-0.2, -0.15) is 0 Å². The van der Waals surface area contributed by atoms with Crippen molar-refractivity contribution in [3.05, 3.63) is 35.4 Å². The van der Waals surface area contributed by atoms with Gasteiger partial charge in [0.25, 0.3) is 5.91 Å². The van der Waals surface area contributed by atoms with E-state index in [1.165, 1.54) is 0 Å². The molecule has 0 aliphatic heterocycles. The predicted octanol–water partition coefficient (Wildman–Crippen LogP) is 2.48. The SMILES string of the molecule is CC[C@@H](CO)NC(=O)c1ccccc1C(C)(C)C. The third-order valence-electron chi connectivity index (χ3n) is 3.03. The second kappa shape index (κ2) is 6.01. The van der Waals surface area contributed by atoms with Gasteiger partial charge in [-0.25, -0.2) is 0 Å². The van der Waals surface area contributed by atoms with Crippen LogP contribution in [0.1, 0.15) is 50.0 Å². The second-order valence-electron chi connectivity index (χ2n) is 5.56. The largest absolute Gasteiger partial charge is 0.394 e. The molecule has 1 atom stereocenters. The Balaban J connectivity index is 2.99. The molecule has 2 N–H and O–H groups in total. The fourth-order valence-corrected chi connectivity index (χ4v) is 1.88. The first-order valence-electron chi connectivity index (χ1n) is 6.41. The summed E-state index contributed by atoms with van der Waals surface area (Å²) in [6, 6.07) is 7.45. The van der Waals surface area contributed by atoms with Crippen LogP contribution in [0, 0.1) is 0 Å². The molecule has 0 aliphatic carbocycles. The van der Waals surface area contributed by atoms with Crippen LogP contribution >= 0.6 is 0 Å². The number of aliphatic hydroxyl groups is 1. The fraction of sp³-hybridized carbons (Fsp3) is 0.533. The van der Waals surface area contributed by atoms with Crippen LogP contribution in [0.5, 0.6) is 0 Å². The van der Waals surface area contributed by atoms with Gasteiger partial charge in [0.1, 0.15) is 0 Å². The zero-order valence-corrected chi connectivity index (χ0v) is 11.7. The van der Waals surface area contributed by atoms with Gasteiger partial charge in [-0.1, -0.05) is 45.9 Å². The number of carbonyl (C=O) groups excluding carboxylic acids is 1. The van der Waals surface area contributed by atoms with E-state index in [1.54, 1.807) is 0 Å². The topological polar surface area (TPSA) is 49.3 Å². The third kappa shape index (κ3) is 3.57. The highest BCUT2D eigenvalue weighted by molar-refractivity contribution is 5.96. The number of rotatable bonds is 4. The lowest BCUT2D eigenvalue weighted by atomic mass is 9.83. The molecule has 0 aromatic heterocycles. The van der Waals surface area contributed by atoms with Crippen molar-refractivity contribution in [2.75, 3.05) is 6.61 Å². The summed E-state index contributed by atoms with van der Waals surface area (Å²) in [5.41, 5.74) is 1.64. The lowest BCUT2D eigenvalue weighted by Crippen LogP contribution is -2.38. The van der Waals surface area contributed by atoms with Crippen molar-refractivity contribution in [1.82, 2.24) is 5.32 Å². The maximum Gasteiger partial charge on any atom is 0.251 e. The smallest absolute Gasteiger partial charge is 0.251 e. The normalized spacial score (nSPS) is 13.2. The average molecular weight is 249 g/mol. The molecular weight excluding hydrogens is 226 g/mol. The summed E-state index contributed by atoms with van der Waals surface area (Å²) in [6.07, 6.45) is 0.722. The molecule has 0 radical (unpaired) electrons. The molecular formula is C15H23NO2. The number of hydrogen-bond acceptors (Lipinski definition) is 2. The zero-order chi connectivity index (χ0) is 13.8. The Hall–Kier alpha value is -1.35. The molecule has 0 saturated carbocycles. The summed E-state index contributed by atoms with van der Waals surface area (Å²) in [4.78, 5) is 12.2. The number of aliphatic hydroxyl groups excluding tert-OH is 1. The molecule has 0 spiro atoms. The molecule has 0 unspecified atom stereocenters. The summed E-state index contributed by atoms with van der Waals surface area (Å²) in [5, 5.41) is 12.0. The number of carbonyl (C=O) groups is 1. The van der Waals surface area contributed by atoms with Gasteiger partial charge in [0.05, 0.1) is 12.6 Å². The molecule has 1 rings (SSSR count).